The molecule has 2 rings (SSSR count). The molecule has 0 saturated heterocycles. The number of carbonyl (C=O) groups is 1. The molecule has 0 spiro atoms. The maximum absolute atomic E-state index is 12.3. The van der Waals surface area contributed by atoms with Gasteiger partial charge in [-0.1, -0.05) is 15.9 Å². The van der Waals surface area contributed by atoms with Crippen LogP contribution < -0.4 is 4.74 Å². The van der Waals surface area contributed by atoms with Crippen molar-refractivity contribution >= 4 is 49.0 Å². The lowest BCUT2D eigenvalue weighted by Gasteiger charge is -2.07. The van der Waals surface area contributed by atoms with Gasteiger partial charge in [0.15, 0.2) is 5.78 Å². The third kappa shape index (κ3) is 2.61. The number of ether oxygens (including phenoxy) is 1. The monoisotopic (exact) mass is 374 g/mol. The van der Waals surface area contributed by atoms with Crippen molar-refractivity contribution in [2.45, 2.75) is 0 Å². The molecule has 0 aliphatic heterocycles. The van der Waals surface area contributed by atoms with Crippen LogP contribution in [0.2, 0.25) is 0 Å². The Hall–Kier alpha value is -0.650. The number of methoxy groups -OCH3 is 1. The molecule has 0 amide bonds. The molecule has 0 unspecified atom stereocenters. The van der Waals surface area contributed by atoms with Gasteiger partial charge in [0.1, 0.15) is 5.75 Å². The van der Waals surface area contributed by atoms with Crippen LogP contribution in [0.15, 0.2) is 37.9 Å². The molecule has 88 valence electrons. The minimum atomic E-state index is -0.0394. The van der Waals surface area contributed by atoms with E-state index in [9.17, 15) is 4.79 Å². The van der Waals surface area contributed by atoms with Crippen LogP contribution in [0, 0.1) is 0 Å². The van der Waals surface area contributed by atoms with Crippen molar-refractivity contribution in [3.8, 4) is 5.75 Å². The number of halogens is 2. The van der Waals surface area contributed by atoms with Crippen molar-refractivity contribution in [1.82, 2.24) is 0 Å². The van der Waals surface area contributed by atoms with Crippen LogP contribution in [0.4, 0.5) is 0 Å². The molecule has 0 radical (unpaired) electrons. The summed E-state index contributed by atoms with van der Waals surface area (Å²) in [6, 6.07) is 5.37. The molecule has 2 nitrogen and oxygen atoms in total. The second kappa shape index (κ2) is 5.33. The number of carbonyl (C=O) groups excluding carboxylic acids is 1. The van der Waals surface area contributed by atoms with E-state index in [0.717, 1.165) is 8.95 Å². The van der Waals surface area contributed by atoms with E-state index < -0.39 is 0 Å². The zero-order chi connectivity index (χ0) is 12.4. The van der Waals surface area contributed by atoms with Crippen molar-refractivity contribution in [2.24, 2.45) is 0 Å². The highest BCUT2D eigenvalue weighted by atomic mass is 79.9. The minimum Gasteiger partial charge on any atom is -0.496 e. The molecule has 1 aromatic heterocycles. The van der Waals surface area contributed by atoms with Gasteiger partial charge in [-0.3, -0.25) is 4.79 Å². The Bertz CT molecular complexity index is 563. The summed E-state index contributed by atoms with van der Waals surface area (Å²) >= 11 is 8.20. The Kier molecular flexibility index (Phi) is 4.01. The maximum Gasteiger partial charge on any atom is 0.198 e. The molecule has 2 aromatic rings. The molecule has 1 aromatic carbocycles. The highest BCUT2D eigenvalue weighted by Crippen LogP contribution is 2.29. The van der Waals surface area contributed by atoms with E-state index in [0.29, 0.717) is 16.9 Å². The average molecular weight is 376 g/mol. The van der Waals surface area contributed by atoms with Crippen LogP contribution in [-0.2, 0) is 0 Å². The van der Waals surface area contributed by atoms with Crippen LogP contribution in [0.3, 0.4) is 0 Å². The summed E-state index contributed by atoms with van der Waals surface area (Å²) in [5, 5.41) is 3.71. The fraction of sp³-hybridized carbons (Fsp3) is 0.0833. The summed E-state index contributed by atoms with van der Waals surface area (Å²) in [6.45, 7) is 0. The summed E-state index contributed by atoms with van der Waals surface area (Å²) in [5.74, 6) is 0.532. The number of hydrogen-bond acceptors (Lipinski definition) is 3. The Morgan fingerprint density at radius 3 is 2.59 bits per heavy atom. The van der Waals surface area contributed by atoms with Crippen LogP contribution in [-0.4, -0.2) is 12.9 Å². The van der Waals surface area contributed by atoms with Crippen molar-refractivity contribution < 1.29 is 9.53 Å². The predicted molar refractivity (Wildman–Crippen MR) is 76.1 cm³/mol. The lowest BCUT2D eigenvalue weighted by Crippen LogP contribution is -2.03. The van der Waals surface area contributed by atoms with Gasteiger partial charge in [0.2, 0.25) is 0 Å². The number of rotatable bonds is 3. The SMILES string of the molecule is COc1cc(Br)ccc1C(=O)c1cscc1Br. The summed E-state index contributed by atoms with van der Waals surface area (Å²) in [6.07, 6.45) is 0. The smallest absolute Gasteiger partial charge is 0.198 e. The molecule has 0 bridgehead atoms. The van der Waals surface area contributed by atoms with Gasteiger partial charge in [-0.2, -0.15) is 11.3 Å². The maximum atomic E-state index is 12.3. The highest BCUT2D eigenvalue weighted by molar-refractivity contribution is 9.10. The van der Waals surface area contributed by atoms with Crippen molar-refractivity contribution in [3.05, 3.63) is 49.0 Å². The summed E-state index contributed by atoms with van der Waals surface area (Å²) in [5.41, 5.74) is 1.23. The summed E-state index contributed by atoms with van der Waals surface area (Å²) in [4.78, 5) is 12.3. The fourth-order valence-corrected chi connectivity index (χ4v) is 3.24. The summed E-state index contributed by atoms with van der Waals surface area (Å²) < 4.78 is 6.92. The van der Waals surface area contributed by atoms with Crippen LogP contribution in [0.1, 0.15) is 15.9 Å². The minimum absolute atomic E-state index is 0.0394. The topological polar surface area (TPSA) is 26.3 Å². The predicted octanol–water partition coefficient (Wildman–Crippen LogP) is 4.51. The number of hydrogen-bond donors (Lipinski definition) is 0. The number of benzene rings is 1. The Morgan fingerprint density at radius 2 is 2.00 bits per heavy atom. The van der Waals surface area contributed by atoms with Gasteiger partial charge in [0.05, 0.1) is 12.7 Å². The molecular weight excluding hydrogens is 368 g/mol. The van der Waals surface area contributed by atoms with Gasteiger partial charge in [0.25, 0.3) is 0 Å². The molecule has 0 aliphatic rings. The Morgan fingerprint density at radius 1 is 1.24 bits per heavy atom. The largest absolute Gasteiger partial charge is 0.496 e. The molecule has 0 saturated carbocycles. The third-order valence-electron chi connectivity index (χ3n) is 2.27. The van der Waals surface area contributed by atoms with Crippen LogP contribution in [0.25, 0.3) is 0 Å². The third-order valence-corrected chi connectivity index (χ3v) is 4.46. The van der Waals surface area contributed by atoms with E-state index in [1.54, 1.807) is 19.2 Å². The lowest BCUT2D eigenvalue weighted by molar-refractivity contribution is 0.103. The molecule has 0 fully saturated rings. The van der Waals surface area contributed by atoms with Gasteiger partial charge in [-0.25, -0.2) is 0 Å². The standard InChI is InChI=1S/C12H8Br2O2S/c1-16-11-4-7(13)2-3-8(11)12(15)9-5-17-6-10(9)14/h2-6H,1H3. The van der Waals surface area contributed by atoms with Crippen molar-refractivity contribution in [1.29, 1.82) is 0 Å². The van der Waals surface area contributed by atoms with Gasteiger partial charge in [0, 0.05) is 25.3 Å². The first-order chi connectivity index (χ1) is 8.13. The van der Waals surface area contributed by atoms with E-state index >= 15 is 0 Å². The van der Waals surface area contributed by atoms with E-state index in [1.165, 1.54) is 11.3 Å². The highest BCUT2D eigenvalue weighted by Gasteiger charge is 2.17. The zero-order valence-electron chi connectivity index (χ0n) is 8.87. The first-order valence-electron chi connectivity index (χ1n) is 4.73. The lowest BCUT2D eigenvalue weighted by atomic mass is 10.1. The van der Waals surface area contributed by atoms with Gasteiger partial charge >= 0.3 is 0 Å². The zero-order valence-corrected chi connectivity index (χ0v) is 12.9. The quantitative estimate of drug-likeness (QED) is 0.737. The first-order valence-corrected chi connectivity index (χ1v) is 7.26. The van der Waals surface area contributed by atoms with E-state index in [1.807, 2.05) is 16.8 Å². The number of thiophene rings is 1. The molecule has 0 N–H and O–H groups in total. The molecular formula is C12H8Br2O2S. The van der Waals surface area contributed by atoms with Gasteiger partial charge in [-0.15, -0.1) is 0 Å². The van der Waals surface area contributed by atoms with E-state index in [2.05, 4.69) is 31.9 Å². The van der Waals surface area contributed by atoms with Crippen molar-refractivity contribution in [3.63, 3.8) is 0 Å². The van der Waals surface area contributed by atoms with E-state index in [-0.39, 0.29) is 5.78 Å². The number of ketones is 1. The molecule has 0 aliphatic carbocycles. The molecule has 17 heavy (non-hydrogen) atoms. The van der Waals surface area contributed by atoms with Crippen molar-refractivity contribution in [2.75, 3.05) is 7.11 Å². The second-order valence-corrected chi connectivity index (χ2v) is 5.82. The molecule has 0 atom stereocenters. The second-order valence-electron chi connectivity index (χ2n) is 3.31. The molecule has 5 heteroatoms. The average Bonchev–Trinajstić information content (AvgIpc) is 2.74. The van der Waals surface area contributed by atoms with Gasteiger partial charge in [-0.05, 0) is 34.1 Å². The van der Waals surface area contributed by atoms with Crippen LogP contribution in [0.5, 0.6) is 5.75 Å². The van der Waals surface area contributed by atoms with Crippen LogP contribution >= 0.6 is 43.2 Å². The first kappa shape index (κ1) is 12.8. The molecule has 1 heterocycles. The summed E-state index contributed by atoms with van der Waals surface area (Å²) in [7, 11) is 1.56. The normalized spacial score (nSPS) is 10.3. The Labute approximate surface area is 120 Å². The fourth-order valence-electron chi connectivity index (χ4n) is 1.44. The Balaban J connectivity index is 2.48. The van der Waals surface area contributed by atoms with Gasteiger partial charge < -0.3 is 4.74 Å². The van der Waals surface area contributed by atoms with E-state index in [4.69, 9.17) is 4.74 Å².